The summed E-state index contributed by atoms with van der Waals surface area (Å²) in [6, 6.07) is 9.73. The van der Waals surface area contributed by atoms with Gasteiger partial charge >= 0.3 is 0 Å². The zero-order valence-corrected chi connectivity index (χ0v) is 14.8. The Morgan fingerprint density at radius 1 is 1.21 bits per heavy atom. The van der Waals surface area contributed by atoms with Crippen molar-refractivity contribution in [1.82, 2.24) is 10.3 Å². The van der Waals surface area contributed by atoms with Gasteiger partial charge in [-0.2, -0.15) is 5.26 Å². The Kier molecular flexibility index (Phi) is 5.36. The lowest BCUT2D eigenvalue weighted by Gasteiger charge is -2.09. The van der Waals surface area contributed by atoms with Crippen LogP contribution in [-0.4, -0.2) is 18.0 Å². The van der Waals surface area contributed by atoms with Gasteiger partial charge in [-0.05, 0) is 24.3 Å². The van der Waals surface area contributed by atoms with Crippen molar-refractivity contribution in [2.45, 2.75) is 13.0 Å². The van der Waals surface area contributed by atoms with E-state index in [1.165, 1.54) is 19.2 Å². The zero-order valence-electron chi connectivity index (χ0n) is 14.8. The van der Waals surface area contributed by atoms with Gasteiger partial charge in [-0.15, -0.1) is 0 Å². The standard InChI is InChI=1S/C20H15F2N3O3/c1-28-18-5-4-17-14(15(18)9-23)6-12(20(27)25-17)7-19(26)24-10-11-2-3-13(21)8-16(11)22/h2-6,8H,7,10H2,1H3,(H,24,26)(H,25,27). The highest BCUT2D eigenvalue weighted by molar-refractivity contribution is 5.88. The molecule has 0 aliphatic carbocycles. The Balaban J connectivity index is 1.83. The van der Waals surface area contributed by atoms with Crippen molar-refractivity contribution in [3.63, 3.8) is 0 Å². The van der Waals surface area contributed by atoms with Crippen LogP contribution in [0.4, 0.5) is 8.78 Å². The summed E-state index contributed by atoms with van der Waals surface area (Å²) in [5, 5.41) is 12.3. The van der Waals surface area contributed by atoms with E-state index < -0.39 is 23.1 Å². The number of carbonyl (C=O) groups is 1. The van der Waals surface area contributed by atoms with Gasteiger partial charge in [0.05, 0.1) is 13.5 Å². The first-order valence-electron chi connectivity index (χ1n) is 8.26. The number of nitriles is 1. The molecule has 2 aromatic carbocycles. The predicted molar refractivity (Wildman–Crippen MR) is 97.7 cm³/mol. The van der Waals surface area contributed by atoms with Crippen molar-refractivity contribution in [1.29, 1.82) is 5.26 Å². The molecule has 0 aliphatic rings. The molecule has 0 bridgehead atoms. The molecule has 0 atom stereocenters. The fourth-order valence-corrected chi connectivity index (χ4v) is 2.81. The monoisotopic (exact) mass is 383 g/mol. The van der Waals surface area contributed by atoms with E-state index in [1.54, 1.807) is 12.1 Å². The molecule has 0 radical (unpaired) electrons. The number of hydrogen-bond donors (Lipinski definition) is 2. The number of ether oxygens (including phenoxy) is 1. The lowest BCUT2D eigenvalue weighted by Crippen LogP contribution is -2.27. The second-order valence-corrected chi connectivity index (χ2v) is 6.03. The van der Waals surface area contributed by atoms with Crippen molar-refractivity contribution in [2.75, 3.05) is 7.11 Å². The number of fused-ring (bicyclic) bond motifs is 1. The minimum Gasteiger partial charge on any atom is -0.495 e. The number of aromatic nitrogens is 1. The maximum atomic E-state index is 13.6. The van der Waals surface area contributed by atoms with Gasteiger partial charge in [0.15, 0.2) is 0 Å². The number of amides is 1. The number of nitrogens with one attached hydrogen (secondary N) is 2. The first-order chi connectivity index (χ1) is 13.4. The number of H-pyrrole nitrogens is 1. The minimum absolute atomic E-state index is 0.124. The van der Waals surface area contributed by atoms with Gasteiger partial charge < -0.3 is 15.0 Å². The second-order valence-electron chi connectivity index (χ2n) is 6.03. The van der Waals surface area contributed by atoms with Crippen LogP contribution in [0.5, 0.6) is 5.75 Å². The fraction of sp³-hybridized carbons (Fsp3) is 0.150. The normalized spacial score (nSPS) is 10.5. The molecule has 1 aromatic heterocycles. The van der Waals surface area contributed by atoms with E-state index in [9.17, 15) is 23.6 Å². The average Bonchev–Trinajstić information content (AvgIpc) is 2.67. The molecular formula is C20H15F2N3O3. The van der Waals surface area contributed by atoms with Crippen molar-refractivity contribution in [3.8, 4) is 11.8 Å². The Bertz CT molecular complexity index is 1170. The minimum atomic E-state index is -0.769. The molecule has 3 rings (SSSR count). The summed E-state index contributed by atoms with van der Waals surface area (Å²) >= 11 is 0. The average molecular weight is 383 g/mol. The molecule has 2 N–H and O–H groups in total. The van der Waals surface area contributed by atoms with Gasteiger partial charge in [-0.1, -0.05) is 6.07 Å². The van der Waals surface area contributed by atoms with E-state index in [2.05, 4.69) is 10.3 Å². The molecule has 3 aromatic rings. The number of halogens is 2. The van der Waals surface area contributed by atoms with Crippen LogP contribution in [0, 0.1) is 23.0 Å². The van der Waals surface area contributed by atoms with Crippen LogP contribution >= 0.6 is 0 Å². The third kappa shape index (κ3) is 3.83. The molecule has 1 amide bonds. The first kappa shape index (κ1) is 19.0. The van der Waals surface area contributed by atoms with E-state index in [4.69, 9.17) is 4.74 Å². The van der Waals surface area contributed by atoms with Crippen LogP contribution in [0.2, 0.25) is 0 Å². The number of hydrogen-bond acceptors (Lipinski definition) is 4. The van der Waals surface area contributed by atoms with Crippen LogP contribution in [0.3, 0.4) is 0 Å². The molecule has 142 valence electrons. The summed E-state index contributed by atoms with van der Waals surface area (Å²) in [6.45, 7) is -0.145. The van der Waals surface area contributed by atoms with Crippen molar-refractivity contribution in [3.05, 3.63) is 75.1 Å². The van der Waals surface area contributed by atoms with E-state index >= 15 is 0 Å². The number of pyridine rings is 1. The molecule has 0 saturated heterocycles. The van der Waals surface area contributed by atoms with Gasteiger partial charge in [-0.25, -0.2) is 8.78 Å². The van der Waals surface area contributed by atoms with E-state index in [1.807, 2.05) is 6.07 Å². The van der Waals surface area contributed by atoms with Crippen molar-refractivity contribution in [2.24, 2.45) is 0 Å². The summed E-state index contributed by atoms with van der Waals surface area (Å²) in [7, 11) is 1.43. The molecule has 0 fully saturated rings. The number of carbonyl (C=O) groups excluding carboxylic acids is 1. The van der Waals surface area contributed by atoms with E-state index in [0.29, 0.717) is 16.7 Å². The predicted octanol–water partition coefficient (Wildman–Crippen LogP) is 2.55. The highest BCUT2D eigenvalue weighted by Crippen LogP contribution is 2.26. The molecule has 28 heavy (non-hydrogen) atoms. The maximum Gasteiger partial charge on any atom is 0.252 e. The highest BCUT2D eigenvalue weighted by atomic mass is 19.1. The Morgan fingerprint density at radius 3 is 2.68 bits per heavy atom. The molecule has 1 heterocycles. The number of rotatable bonds is 5. The van der Waals surface area contributed by atoms with Crippen molar-refractivity contribution < 1.29 is 18.3 Å². The smallest absolute Gasteiger partial charge is 0.252 e. The van der Waals surface area contributed by atoms with Crippen LogP contribution in [0.1, 0.15) is 16.7 Å². The zero-order chi connectivity index (χ0) is 20.3. The Hall–Kier alpha value is -3.73. The Labute approximate surface area is 158 Å². The second kappa shape index (κ2) is 7.88. The Morgan fingerprint density at radius 2 is 2.00 bits per heavy atom. The lowest BCUT2D eigenvalue weighted by atomic mass is 10.0. The summed E-state index contributed by atoms with van der Waals surface area (Å²) < 4.78 is 31.7. The van der Waals surface area contributed by atoms with Crippen LogP contribution in [0.25, 0.3) is 10.9 Å². The molecular weight excluding hydrogens is 368 g/mol. The topological polar surface area (TPSA) is 95.0 Å². The summed E-state index contributed by atoms with van der Waals surface area (Å²) in [5.74, 6) is -1.65. The molecule has 8 heteroatoms. The first-order valence-corrected chi connectivity index (χ1v) is 8.26. The van der Waals surface area contributed by atoms with Gasteiger partial charge in [-0.3, -0.25) is 9.59 Å². The van der Waals surface area contributed by atoms with Gasteiger partial charge in [0.1, 0.15) is 29.0 Å². The highest BCUT2D eigenvalue weighted by Gasteiger charge is 2.14. The van der Waals surface area contributed by atoms with Gasteiger partial charge in [0.25, 0.3) is 5.56 Å². The quantitative estimate of drug-likeness (QED) is 0.708. The van der Waals surface area contributed by atoms with E-state index in [-0.39, 0.29) is 29.7 Å². The number of aromatic amines is 1. The van der Waals surface area contributed by atoms with Crippen LogP contribution in [0.15, 0.2) is 41.2 Å². The number of nitrogens with zero attached hydrogens (tertiary/aromatic N) is 1. The fourth-order valence-electron chi connectivity index (χ4n) is 2.81. The van der Waals surface area contributed by atoms with E-state index in [0.717, 1.165) is 12.1 Å². The molecule has 0 unspecified atom stereocenters. The largest absolute Gasteiger partial charge is 0.495 e. The lowest BCUT2D eigenvalue weighted by molar-refractivity contribution is -0.120. The third-order valence-electron chi connectivity index (χ3n) is 4.24. The summed E-state index contributed by atoms with van der Waals surface area (Å²) in [6.07, 6.45) is -0.268. The molecule has 0 saturated carbocycles. The summed E-state index contributed by atoms with van der Waals surface area (Å²) in [4.78, 5) is 27.1. The molecule has 0 spiro atoms. The SMILES string of the molecule is COc1ccc2[nH]c(=O)c(CC(=O)NCc3ccc(F)cc3F)cc2c1C#N. The number of benzene rings is 2. The number of methoxy groups -OCH3 is 1. The van der Waals surface area contributed by atoms with Gasteiger partial charge in [0, 0.05) is 34.6 Å². The van der Waals surface area contributed by atoms with Crippen LogP contribution < -0.4 is 15.6 Å². The van der Waals surface area contributed by atoms with Crippen molar-refractivity contribution >= 4 is 16.8 Å². The third-order valence-corrected chi connectivity index (χ3v) is 4.24. The van der Waals surface area contributed by atoms with Crippen LogP contribution in [-0.2, 0) is 17.8 Å². The maximum absolute atomic E-state index is 13.6. The molecule has 6 nitrogen and oxygen atoms in total. The van der Waals surface area contributed by atoms with Gasteiger partial charge in [0.2, 0.25) is 5.91 Å². The summed E-state index contributed by atoms with van der Waals surface area (Å²) in [5.41, 5.74) is 0.490. The molecule has 0 aliphatic heterocycles.